The van der Waals surface area contributed by atoms with Gasteiger partial charge in [-0.3, -0.25) is 24.6 Å². The molecule has 32 heavy (non-hydrogen) atoms. The van der Waals surface area contributed by atoms with Crippen molar-refractivity contribution in [1.82, 2.24) is 0 Å². The van der Waals surface area contributed by atoms with Crippen LogP contribution in [0.5, 0.6) is 0 Å². The number of nitrogens with one attached hydrogen (secondary N) is 1. The van der Waals surface area contributed by atoms with Gasteiger partial charge in [-0.25, -0.2) is 0 Å². The molecule has 9 heteroatoms. The van der Waals surface area contributed by atoms with Crippen molar-refractivity contribution in [2.75, 3.05) is 16.0 Å². The molecule has 1 fully saturated rings. The van der Waals surface area contributed by atoms with Crippen molar-refractivity contribution < 1.29 is 14.5 Å². The normalized spacial score (nSPS) is 15.6. The molecule has 2 amide bonds. The van der Waals surface area contributed by atoms with Crippen LogP contribution in [0.4, 0.5) is 17.1 Å². The molecule has 3 aromatic carbocycles. The number of hydrogen-bond acceptors (Lipinski definition) is 5. The van der Waals surface area contributed by atoms with E-state index >= 15 is 0 Å². The molecular formula is C23H18ClN3O4S. The molecule has 1 saturated heterocycles. The highest BCUT2D eigenvalue weighted by Gasteiger charge is 2.34. The summed E-state index contributed by atoms with van der Waals surface area (Å²) in [4.78, 5) is 37.1. The average molecular weight is 468 g/mol. The van der Waals surface area contributed by atoms with Gasteiger partial charge in [0.05, 0.1) is 21.3 Å². The fourth-order valence-corrected chi connectivity index (χ4v) is 4.90. The number of halogens is 1. The van der Waals surface area contributed by atoms with Crippen molar-refractivity contribution in [3.05, 3.63) is 98.6 Å². The minimum atomic E-state index is -0.571. The number of rotatable bonds is 5. The van der Waals surface area contributed by atoms with E-state index in [1.807, 2.05) is 43.3 Å². The number of anilines is 2. The summed E-state index contributed by atoms with van der Waals surface area (Å²) in [6, 6.07) is 18.8. The van der Waals surface area contributed by atoms with Gasteiger partial charge in [0.1, 0.15) is 5.37 Å². The second-order valence-corrected chi connectivity index (χ2v) is 8.74. The molecule has 1 aliphatic rings. The van der Waals surface area contributed by atoms with E-state index in [4.69, 9.17) is 11.6 Å². The summed E-state index contributed by atoms with van der Waals surface area (Å²) in [5.41, 5.74) is 3.38. The van der Waals surface area contributed by atoms with Crippen LogP contribution in [0, 0.1) is 17.0 Å². The quantitative estimate of drug-likeness (QED) is 0.390. The first-order valence-electron chi connectivity index (χ1n) is 9.69. The molecule has 7 nitrogen and oxygen atoms in total. The highest BCUT2D eigenvalue weighted by molar-refractivity contribution is 8.00. The Bertz CT molecular complexity index is 1220. The second kappa shape index (κ2) is 9.02. The van der Waals surface area contributed by atoms with Gasteiger partial charge in [0.25, 0.3) is 11.6 Å². The van der Waals surface area contributed by atoms with Gasteiger partial charge in [0, 0.05) is 23.5 Å². The van der Waals surface area contributed by atoms with Gasteiger partial charge in [0.2, 0.25) is 5.91 Å². The largest absolute Gasteiger partial charge is 0.322 e. The standard InChI is InChI=1S/C23H18ClN3O4S/c1-14-3-2-4-17(11-14)26-21(28)13-32-23(26)15-5-7-16(8-6-15)25-22(29)19-10-9-18(27(30)31)12-20(19)24/h2-12,23H,13H2,1H3,(H,25,29). The third kappa shape index (κ3) is 4.46. The summed E-state index contributed by atoms with van der Waals surface area (Å²) in [6.07, 6.45) is 0. The summed E-state index contributed by atoms with van der Waals surface area (Å²) < 4.78 is 0. The van der Waals surface area contributed by atoms with Gasteiger partial charge in [-0.1, -0.05) is 35.9 Å². The number of nitro groups is 1. The molecule has 1 atom stereocenters. The van der Waals surface area contributed by atoms with E-state index in [1.54, 1.807) is 28.8 Å². The smallest absolute Gasteiger partial charge is 0.270 e. The number of amides is 2. The van der Waals surface area contributed by atoms with Gasteiger partial charge >= 0.3 is 0 Å². The molecule has 0 radical (unpaired) electrons. The van der Waals surface area contributed by atoms with Crippen molar-refractivity contribution in [3.8, 4) is 0 Å². The molecule has 162 valence electrons. The predicted molar refractivity (Wildman–Crippen MR) is 126 cm³/mol. The maximum atomic E-state index is 12.5. The topological polar surface area (TPSA) is 92.6 Å². The second-order valence-electron chi connectivity index (χ2n) is 7.26. The summed E-state index contributed by atoms with van der Waals surface area (Å²) in [5.74, 6) is -0.0179. The van der Waals surface area contributed by atoms with Gasteiger partial charge in [-0.2, -0.15) is 0 Å². The van der Waals surface area contributed by atoms with Crippen LogP contribution in [-0.2, 0) is 4.79 Å². The number of hydrogen-bond donors (Lipinski definition) is 1. The van der Waals surface area contributed by atoms with Crippen LogP contribution in [0.15, 0.2) is 66.7 Å². The number of aryl methyl sites for hydroxylation is 1. The van der Waals surface area contributed by atoms with Gasteiger partial charge in [0.15, 0.2) is 0 Å². The molecule has 0 saturated carbocycles. The SMILES string of the molecule is Cc1cccc(N2C(=O)CSC2c2ccc(NC(=O)c3ccc([N+](=O)[O-])cc3Cl)cc2)c1. The van der Waals surface area contributed by atoms with Crippen LogP contribution >= 0.6 is 23.4 Å². The third-order valence-corrected chi connectivity index (χ3v) is 6.53. The summed E-state index contributed by atoms with van der Waals surface area (Å²) in [6.45, 7) is 1.99. The van der Waals surface area contributed by atoms with Crippen LogP contribution in [0.2, 0.25) is 5.02 Å². The van der Waals surface area contributed by atoms with Crippen LogP contribution < -0.4 is 10.2 Å². The van der Waals surface area contributed by atoms with Crippen molar-refractivity contribution in [3.63, 3.8) is 0 Å². The van der Waals surface area contributed by atoms with Crippen LogP contribution in [-0.4, -0.2) is 22.5 Å². The van der Waals surface area contributed by atoms with E-state index in [9.17, 15) is 19.7 Å². The molecule has 0 aliphatic carbocycles. The summed E-state index contributed by atoms with van der Waals surface area (Å²) in [7, 11) is 0. The lowest BCUT2D eigenvalue weighted by Crippen LogP contribution is -2.27. The highest BCUT2D eigenvalue weighted by atomic mass is 35.5. The number of nitro benzene ring substituents is 1. The number of nitrogens with zero attached hydrogens (tertiary/aromatic N) is 2. The Labute approximate surface area is 193 Å². The van der Waals surface area contributed by atoms with Gasteiger partial charge in [-0.15, -0.1) is 11.8 Å². The predicted octanol–water partition coefficient (Wildman–Crippen LogP) is 5.59. The Hall–Kier alpha value is -3.36. The first-order valence-corrected chi connectivity index (χ1v) is 11.1. The zero-order valence-corrected chi connectivity index (χ0v) is 18.5. The summed E-state index contributed by atoms with van der Waals surface area (Å²) in [5, 5.41) is 13.4. The fraction of sp³-hybridized carbons (Fsp3) is 0.130. The Morgan fingerprint density at radius 3 is 2.56 bits per heavy atom. The molecule has 1 aliphatic heterocycles. The van der Waals surface area contributed by atoms with Crippen molar-refractivity contribution >= 4 is 52.2 Å². The zero-order chi connectivity index (χ0) is 22.8. The molecular weight excluding hydrogens is 450 g/mol. The van der Waals surface area contributed by atoms with E-state index < -0.39 is 10.8 Å². The Balaban J connectivity index is 1.51. The van der Waals surface area contributed by atoms with Crippen molar-refractivity contribution in [2.45, 2.75) is 12.3 Å². The lowest BCUT2D eigenvalue weighted by Gasteiger charge is -2.25. The molecule has 4 rings (SSSR count). The maximum Gasteiger partial charge on any atom is 0.270 e. The van der Waals surface area contributed by atoms with Crippen LogP contribution in [0.25, 0.3) is 0 Å². The van der Waals surface area contributed by atoms with E-state index in [-0.39, 0.29) is 27.6 Å². The molecule has 0 spiro atoms. The molecule has 0 aromatic heterocycles. The van der Waals surface area contributed by atoms with Gasteiger partial charge in [-0.05, 0) is 48.4 Å². The number of non-ortho nitro benzene ring substituents is 1. The molecule has 1 N–H and O–H groups in total. The van der Waals surface area contributed by atoms with Crippen molar-refractivity contribution in [1.29, 1.82) is 0 Å². The maximum absolute atomic E-state index is 12.5. The number of carbonyl (C=O) groups is 2. The number of carbonyl (C=O) groups excluding carboxylic acids is 2. The summed E-state index contributed by atoms with van der Waals surface area (Å²) >= 11 is 7.59. The average Bonchev–Trinajstić information content (AvgIpc) is 3.15. The Morgan fingerprint density at radius 2 is 1.91 bits per heavy atom. The molecule has 0 bridgehead atoms. The number of thioether (sulfide) groups is 1. The van der Waals surface area contributed by atoms with E-state index in [2.05, 4.69) is 5.32 Å². The number of benzene rings is 3. The molecule has 1 heterocycles. The monoisotopic (exact) mass is 467 g/mol. The lowest BCUT2D eigenvalue weighted by molar-refractivity contribution is -0.384. The third-order valence-electron chi connectivity index (χ3n) is 5.01. The minimum Gasteiger partial charge on any atom is -0.322 e. The molecule has 1 unspecified atom stereocenters. The van der Waals surface area contributed by atoms with E-state index in [1.165, 1.54) is 12.1 Å². The highest BCUT2D eigenvalue weighted by Crippen LogP contribution is 2.42. The van der Waals surface area contributed by atoms with Gasteiger partial charge < -0.3 is 5.32 Å². The molecule has 3 aromatic rings. The first kappa shape index (κ1) is 21.9. The first-order chi connectivity index (χ1) is 15.3. The Morgan fingerprint density at radius 1 is 1.16 bits per heavy atom. The fourth-order valence-electron chi connectivity index (χ4n) is 3.46. The van der Waals surface area contributed by atoms with Crippen LogP contribution in [0.3, 0.4) is 0 Å². The van der Waals surface area contributed by atoms with Crippen LogP contribution in [0.1, 0.15) is 26.9 Å². The van der Waals surface area contributed by atoms with E-state index in [0.717, 1.165) is 22.9 Å². The van der Waals surface area contributed by atoms with E-state index in [0.29, 0.717) is 11.4 Å². The Kier molecular flexibility index (Phi) is 6.16. The minimum absolute atomic E-state index is 0.00276. The van der Waals surface area contributed by atoms with Crippen molar-refractivity contribution in [2.24, 2.45) is 0 Å². The zero-order valence-electron chi connectivity index (χ0n) is 16.9. The lowest BCUT2D eigenvalue weighted by atomic mass is 10.1.